The highest BCUT2D eigenvalue weighted by molar-refractivity contribution is 5.83. The van der Waals surface area contributed by atoms with Crippen LogP contribution in [0.1, 0.15) is 11.3 Å². The molecule has 0 saturated carbocycles. The van der Waals surface area contributed by atoms with Gasteiger partial charge < -0.3 is 0 Å². The fraction of sp³-hybridized carbons (Fsp3) is 0.0870. The van der Waals surface area contributed by atoms with Gasteiger partial charge in [0.1, 0.15) is 0 Å². The van der Waals surface area contributed by atoms with E-state index in [1.54, 1.807) is 12.3 Å². The van der Waals surface area contributed by atoms with E-state index < -0.39 is 0 Å². The van der Waals surface area contributed by atoms with Gasteiger partial charge in [-0.15, -0.1) is 0 Å². The van der Waals surface area contributed by atoms with Crippen LogP contribution in [0.2, 0.25) is 0 Å². The lowest BCUT2D eigenvalue weighted by molar-refractivity contribution is 0.389. The molecular formula is C23H21N5O. The maximum atomic E-state index is 8.41. The molecule has 0 radical (unpaired) electrons. The largest absolute Gasteiger partial charge is 0.297 e. The van der Waals surface area contributed by atoms with E-state index in [1.807, 2.05) is 56.7 Å². The third-order valence-corrected chi connectivity index (χ3v) is 4.65. The van der Waals surface area contributed by atoms with Crippen molar-refractivity contribution in [1.29, 1.82) is 0 Å². The van der Waals surface area contributed by atoms with Gasteiger partial charge in [-0.1, -0.05) is 30.3 Å². The number of hydrogen-bond donors (Lipinski definition) is 2. The topological polar surface area (TPSA) is 75.3 Å². The van der Waals surface area contributed by atoms with E-state index in [0.29, 0.717) is 0 Å². The molecule has 3 heterocycles. The fourth-order valence-corrected chi connectivity index (χ4v) is 3.20. The van der Waals surface area contributed by atoms with Crippen LogP contribution in [0.25, 0.3) is 27.8 Å². The Morgan fingerprint density at radius 2 is 1.79 bits per heavy atom. The van der Waals surface area contributed by atoms with Crippen molar-refractivity contribution in [2.45, 2.75) is 13.8 Å². The first-order valence-corrected chi connectivity index (χ1v) is 9.26. The minimum absolute atomic E-state index is 0.731. The Hall–Kier alpha value is -3.77. The van der Waals surface area contributed by atoms with E-state index in [9.17, 15) is 0 Å². The van der Waals surface area contributed by atoms with Crippen LogP contribution >= 0.6 is 0 Å². The first kappa shape index (κ1) is 18.6. The molecule has 3 aromatic heterocycles. The number of rotatable bonds is 2. The molecule has 0 spiro atoms. The summed E-state index contributed by atoms with van der Waals surface area (Å²) in [7, 11) is 0. The van der Waals surface area contributed by atoms with Crippen molar-refractivity contribution in [3.8, 4) is 11.3 Å². The molecule has 2 aromatic carbocycles. The summed E-state index contributed by atoms with van der Waals surface area (Å²) in [6.45, 7) is 3.94. The predicted octanol–water partition coefficient (Wildman–Crippen LogP) is 5.05. The molecule has 0 saturated heterocycles. The molecule has 0 bridgehead atoms. The SMILES string of the molecule is Cc1cccc(NO)c1.Cc1nccn2c(-c3ccc4cccnc4c3)cnc12. The molecular weight excluding hydrogens is 362 g/mol. The fourth-order valence-electron chi connectivity index (χ4n) is 3.20. The minimum atomic E-state index is 0.731. The van der Waals surface area contributed by atoms with Crippen LogP contribution in [0, 0.1) is 13.8 Å². The van der Waals surface area contributed by atoms with Crippen LogP contribution in [0.5, 0.6) is 0 Å². The molecule has 5 aromatic rings. The standard InChI is InChI=1S/C16H12N4.C7H9NO/c1-11-16-19-10-15(20(16)8-7-17-11)13-5-4-12-3-2-6-18-14(12)9-13;1-6-3-2-4-7(5-6)8-9/h2-10H,1H3;2-5,8-9H,1H3. The lowest BCUT2D eigenvalue weighted by Crippen LogP contribution is -1.92. The summed E-state index contributed by atoms with van der Waals surface area (Å²) in [6, 6.07) is 17.8. The van der Waals surface area contributed by atoms with Crippen LogP contribution in [0.3, 0.4) is 0 Å². The number of nitrogens with one attached hydrogen (secondary N) is 1. The maximum Gasteiger partial charge on any atom is 0.158 e. The Morgan fingerprint density at radius 1 is 0.897 bits per heavy atom. The molecule has 0 aliphatic rings. The van der Waals surface area contributed by atoms with E-state index in [4.69, 9.17) is 5.21 Å². The van der Waals surface area contributed by atoms with E-state index >= 15 is 0 Å². The summed E-state index contributed by atoms with van der Waals surface area (Å²) in [4.78, 5) is 13.1. The van der Waals surface area contributed by atoms with Gasteiger partial charge in [0.05, 0.1) is 28.8 Å². The highest BCUT2D eigenvalue weighted by Crippen LogP contribution is 2.24. The van der Waals surface area contributed by atoms with Crippen molar-refractivity contribution < 1.29 is 5.21 Å². The van der Waals surface area contributed by atoms with Gasteiger partial charge in [-0.25, -0.2) is 4.98 Å². The van der Waals surface area contributed by atoms with Crippen LogP contribution in [-0.4, -0.2) is 24.6 Å². The molecule has 144 valence electrons. The number of fused-ring (bicyclic) bond motifs is 2. The van der Waals surface area contributed by atoms with Crippen molar-refractivity contribution >= 4 is 22.2 Å². The third kappa shape index (κ3) is 3.93. The van der Waals surface area contributed by atoms with Gasteiger partial charge in [0, 0.05) is 29.5 Å². The van der Waals surface area contributed by atoms with Crippen LogP contribution in [0.4, 0.5) is 5.69 Å². The molecule has 0 aliphatic carbocycles. The molecule has 5 rings (SSSR count). The summed E-state index contributed by atoms with van der Waals surface area (Å²) in [5, 5.41) is 9.55. The Bertz CT molecular complexity index is 1280. The van der Waals surface area contributed by atoms with Crippen molar-refractivity contribution in [2.75, 3.05) is 5.48 Å². The second-order valence-corrected chi connectivity index (χ2v) is 6.74. The van der Waals surface area contributed by atoms with Crippen LogP contribution < -0.4 is 5.48 Å². The number of imidazole rings is 1. The summed E-state index contributed by atoms with van der Waals surface area (Å²) >= 11 is 0. The van der Waals surface area contributed by atoms with Crippen molar-refractivity contribution in [3.63, 3.8) is 0 Å². The lowest BCUT2D eigenvalue weighted by atomic mass is 10.1. The average Bonchev–Trinajstić information content (AvgIpc) is 3.19. The molecule has 29 heavy (non-hydrogen) atoms. The number of anilines is 1. The van der Waals surface area contributed by atoms with E-state index in [-0.39, 0.29) is 0 Å². The minimum Gasteiger partial charge on any atom is -0.297 e. The highest BCUT2D eigenvalue weighted by atomic mass is 16.5. The number of pyridine rings is 1. The zero-order valence-electron chi connectivity index (χ0n) is 16.2. The maximum absolute atomic E-state index is 8.41. The third-order valence-electron chi connectivity index (χ3n) is 4.65. The zero-order valence-corrected chi connectivity index (χ0v) is 16.2. The Morgan fingerprint density at radius 3 is 2.59 bits per heavy atom. The van der Waals surface area contributed by atoms with E-state index in [2.05, 4.69) is 49.1 Å². The monoisotopic (exact) mass is 383 g/mol. The Kier molecular flexibility index (Phi) is 5.18. The molecule has 0 unspecified atom stereocenters. The summed E-state index contributed by atoms with van der Waals surface area (Å²) in [5.74, 6) is 0. The van der Waals surface area contributed by atoms with Crippen molar-refractivity contribution in [1.82, 2.24) is 19.4 Å². The number of nitrogens with zero attached hydrogens (tertiary/aromatic N) is 4. The zero-order chi connectivity index (χ0) is 20.2. The smallest absolute Gasteiger partial charge is 0.158 e. The molecule has 0 atom stereocenters. The first-order chi connectivity index (χ1) is 14.2. The normalized spacial score (nSPS) is 10.6. The summed E-state index contributed by atoms with van der Waals surface area (Å²) in [5.41, 5.74) is 8.90. The Labute approximate surface area is 168 Å². The number of hydrogen-bond acceptors (Lipinski definition) is 5. The lowest BCUT2D eigenvalue weighted by Gasteiger charge is -2.04. The summed E-state index contributed by atoms with van der Waals surface area (Å²) < 4.78 is 2.06. The van der Waals surface area contributed by atoms with E-state index in [1.165, 1.54) is 0 Å². The van der Waals surface area contributed by atoms with Gasteiger partial charge in [0.2, 0.25) is 0 Å². The van der Waals surface area contributed by atoms with Crippen molar-refractivity contribution in [2.24, 2.45) is 0 Å². The number of aromatic nitrogens is 4. The second-order valence-electron chi connectivity index (χ2n) is 6.74. The van der Waals surface area contributed by atoms with Gasteiger partial charge in [-0.2, -0.15) is 0 Å². The van der Waals surface area contributed by atoms with Crippen LogP contribution in [0.15, 0.2) is 79.4 Å². The molecule has 6 nitrogen and oxygen atoms in total. The number of benzene rings is 2. The van der Waals surface area contributed by atoms with Crippen molar-refractivity contribution in [3.05, 3.63) is 90.6 Å². The van der Waals surface area contributed by atoms with E-state index in [0.717, 1.165) is 44.8 Å². The quantitative estimate of drug-likeness (QED) is 0.417. The van der Waals surface area contributed by atoms with Gasteiger partial charge in [-0.05, 0) is 43.7 Å². The molecule has 2 N–H and O–H groups in total. The van der Waals surface area contributed by atoms with Gasteiger partial charge >= 0.3 is 0 Å². The average molecular weight is 383 g/mol. The number of aryl methyl sites for hydroxylation is 2. The van der Waals surface area contributed by atoms with Gasteiger partial charge in [0.15, 0.2) is 5.65 Å². The highest BCUT2D eigenvalue weighted by Gasteiger charge is 2.08. The first-order valence-electron chi connectivity index (χ1n) is 9.26. The molecule has 0 fully saturated rings. The predicted molar refractivity (Wildman–Crippen MR) is 115 cm³/mol. The Balaban J connectivity index is 0.000000192. The van der Waals surface area contributed by atoms with Crippen LogP contribution in [-0.2, 0) is 0 Å². The summed E-state index contributed by atoms with van der Waals surface area (Å²) in [6.07, 6.45) is 7.43. The van der Waals surface area contributed by atoms with Gasteiger partial charge in [-0.3, -0.25) is 25.1 Å². The van der Waals surface area contributed by atoms with Gasteiger partial charge in [0.25, 0.3) is 0 Å². The molecule has 6 heteroatoms. The molecule has 0 amide bonds. The molecule has 0 aliphatic heterocycles. The second kappa shape index (κ2) is 8.08.